The molecule has 0 aromatic heterocycles. The van der Waals surface area contributed by atoms with Gasteiger partial charge in [0.05, 0.1) is 10.0 Å². The first-order valence-corrected chi connectivity index (χ1v) is 6.63. The summed E-state index contributed by atoms with van der Waals surface area (Å²) in [6.07, 6.45) is 0.755. The van der Waals surface area contributed by atoms with Gasteiger partial charge < -0.3 is 10.0 Å². The molecular weight excluding hydrogens is 289 g/mol. The van der Waals surface area contributed by atoms with Crippen LogP contribution in [0.4, 0.5) is 0 Å². The van der Waals surface area contributed by atoms with Crippen LogP contribution in [0.3, 0.4) is 0 Å². The average Bonchev–Trinajstić information content (AvgIpc) is 2.36. The van der Waals surface area contributed by atoms with Gasteiger partial charge in [0.15, 0.2) is 0 Å². The number of halogens is 2. The van der Waals surface area contributed by atoms with Gasteiger partial charge >= 0.3 is 5.97 Å². The first-order valence-electron chi connectivity index (χ1n) is 5.87. The number of nitrogens with zero attached hydrogens (tertiary/aromatic N) is 1. The van der Waals surface area contributed by atoms with Crippen LogP contribution >= 0.6 is 23.2 Å². The van der Waals surface area contributed by atoms with Gasteiger partial charge in [-0.3, -0.25) is 9.59 Å². The van der Waals surface area contributed by atoms with Crippen molar-refractivity contribution in [3.05, 3.63) is 33.8 Å². The normalized spacial score (nSPS) is 10.3. The number of hydrogen-bond acceptors (Lipinski definition) is 2. The van der Waals surface area contributed by atoms with E-state index in [0.29, 0.717) is 23.0 Å². The molecule has 4 nitrogen and oxygen atoms in total. The monoisotopic (exact) mass is 303 g/mol. The number of rotatable bonds is 6. The molecule has 0 heterocycles. The minimum Gasteiger partial charge on any atom is -0.480 e. The van der Waals surface area contributed by atoms with Crippen LogP contribution in [-0.2, 0) is 16.0 Å². The molecule has 0 radical (unpaired) electrons. The molecule has 0 unspecified atom stereocenters. The summed E-state index contributed by atoms with van der Waals surface area (Å²) >= 11 is 11.7. The zero-order chi connectivity index (χ0) is 14.4. The average molecular weight is 304 g/mol. The van der Waals surface area contributed by atoms with Crippen molar-refractivity contribution in [1.82, 2.24) is 4.90 Å². The van der Waals surface area contributed by atoms with Gasteiger partial charge in [-0.25, -0.2) is 0 Å². The Labute approximate surface area is 121 Å². The predicted molar refractivity (Wildman–Crippen MR) is 74.7 cm³/mol. The Kier molecular flexibility index (Phi) is 6.12. The number of aryl methyl sites for hydroxylation is 1. The first-order chi connectivity index (χ1) is 8.93. The molecule has 6 heteroatoms. The minimum atomic E-state index is -1.01. The van der Waals surface area contributed by atoms with Crippen molar-refractivity contribution in [2.45, 2.75) is 19.8 Å². The van der Waals surface area contributed by atoms with Gasteiger partial charge in [0, 0.05) is 13.0 Å². The molecule has 0 spiro atoms. The van der Waals surface area contributed by atoms with Gasteiger partial charge in [-0.15, -0.1) is 0 Å². The number of carboxylic acids is 1. The van der Waals surface area contributed by atoms with Crippen molar-refractivity contribution in [3.63, 3.8) is 0 Å². The van der Waals surface area contributed by atoms with E-state index in [0.717, 1.165) is 5.56 Å². The quantitative estimate of drug-likeness (QED) is 0.879. The smallest absolute Gasteiger partial charge is 0.323 e. The van der Waals surface area contributed by atoms with Gasteiger partial charge in [0.25, 0.3) is 0 Å². The molecule has 1 N–H and O–H groups in total. The van der Waals surface area contributed by atoms with Crippen molar-refractivity contribution in [2.75, 3.05) is 13.1 Å². The highest BCUT2D eigenvalue weighted by Gasteiger charge is 2.14. The lowest BCUT2D eigenvalue weighted by atomic mass is 10.1. The van der Waals surface area contributed by atoms with Crippen LogP contribution in [0, 0.1) is 0 Å². The number of carboxylic acid groups (broad SMARTS) is 1. The Balaban J connectivity index is 2.57. The summed E-state index contributed by atoms with van der Waals surface area (Å²) in [6, 6.07) is 5.19. The zero-order valence-corrected chi connectivity index (χ0v) is 12.0. The summed E-state index contributed by atoms with van der Waals surface area (Å²) < 4.78 is 0. The van der Waals surface area contributed by atoms with E-state index in [9.17, 15) is 9.59 Å². The molecule has 0 saturated heterocycles. The second kappa shape index (κ2) is 7.36. The van der Waals surface area contributed by atoms with E-state index < -0.39 is 5.97 Å². The molecule has 1 rings (SSSR count). The van der Waals surface area contributed by atoms with Crippen LogP contribution in [-0.4, -0.2) is 35.0 Å². The van der Waals surface area contributed by atoms with E-state index in [1.807, 2.05) is 0 Å². The second-order valence-electron chi connectivity index (χ2n) is 4.05. The van der Waals surface area contributed by atoms with Crippen LogP contribution < -0.4 is 0 Å². The number of amides is 1. The van der Waals surface area contributed by atoms with Gasteiger partial charge in [-0.1, -0.05) is 29.3 Å². The molecule has 0 atom stereocenters. The molecule has 0 bridgehead atoms. The molecule has 1 amide bonds. The lowest BCUT2D eigenvalue weighted by Gasteiger charge is -2.18. The molecule has 0 aliphatic carbocycles. The maximum Gasteiger partial charge on any atom is 0.323 e. The van der Waals surface area contributed by atoms with Gasteiger partial charge in [0.1, 0.15) is 6.54 Å². The summed E-state index contributed by atoms with van der Waals surface area (Å²) in [5.74, 6) is -1.19. The molecule has 0 aliphatic rings. The lowest BCUT2D eigenvalue weighted by molar-refractivity contribution is -0.144. The maximum absolute atomic E-state index is 11.8. The topological polar surface area (TPSA) is 57.6 Å². The number of hydrogen-bond donors (Lipinski definition) is 1. The van der Waals surface area contributed by atoms with E-state index in [2.05, 4.69) is 0 Å². The van der Waals surface area contributed by atoms with Crippen molar-refractivity contribution in [3.8, 4) is 0 Å². The van der Waals surface area contributed by atoms with Crippen LogP contribution in [0.15, 0.2) is 18.2 Å². The van der Waals surface area contributed by atoms with Crippen LogP contribution in [0.25, 0.3) is 0 Å². The molecular formula is C13H15Cl2NO3. The summed E-state index contributed by atoms with van der Waals surface area (Å²) in [6.45, 7) is 1.86. The number of benzene rings is 1. The highest BCUT2D eigenvalue weighted by molar-refractivity contribution is 6.42. The standard InChI is InChI=1S/C13H15Cl2NO3/c1-2-16(8-13(18)19)12(17)6-4-9-3-5-10(14)11(15)7-9/h3,5,7H,2,4,6,8H2,1H3,(H,18,19). The van der Waals surface area contributed by atoms with Gasteiger partial charge in [-0.05, 0) is 31.0 Å². The number of carbonyl (C=O) groups is 2. The van der Waals surface area contributed by atoms with Crippen molar-refractivity contribution in [2.24, 2.45) is 0 Å². The summed E-state index contributed by atoms with van der Waals surface area (Å²) in [5.41, 5.74) is 0.897. The minimum absolute atomic E-state index is 0.184. The summed E-state index contributed by atoms with van der Waals surface area (Å²) in [4.78, 5) is 23.7. The summed E-state index contributed by atoms with van der Waals surface area (Å²) in [7, 11) is 0. The third-order valence-electron chi connectivity index (χ3n) is 2.67. The SMILES string of the molecule is CCN(CC(=O)O)C(=O)CCc1ccc(Cl)c(Cl)c1. The van der Waals surface area contributed by atoms with Crippen LogP contribution in [0.2, 0.25) is 10.0 Å². The van der Waals surface area contributed by atoms with E-state index in [1.165, 1.54) is 4.90 Å². The lowest BCUT2D eigenvalue weighted by Crippen LogP contribution is -2.35. The first kappa shape index (κ1) is 15.8. The molecule has 0 saturated carbocycles. The van der Waals surface area contributed by atoms with Gasteiger partial charge in [0.2, 0.25) is 5.91 Å². The van der Waals surface area contributed by atoms with Crippen molar-refractivity contribution >= 4 is 35.1 Å². The Hall–Kier alpha value is -1.26. The number of aliphatic carboxylic acids is 1. The van der Waals surface area contributed by atoms with Gasteiger partial charge in [-0.2, -0.15) is 0 Å². The van der Waals surface area contributed by atoms with E-state index >= 15 is 0 Å². The summed E-state index contributed by atoms with van der Waals surface area (Å²) in [5, 5.41) is 9.61. The van der Waals surface area contributed by atoms with E-state index in [-0.39, 0.29) is 18.9 Å². The fraction of sp³-hybridized carbons (Fsp3) is 0.385. The Bertz CT molecular complexity index is 477. The Morgan fingerprint density at radius 3 is 2.47 bits per heavy atom. The maximum atomic E-state index is 11.8. The van der Waals surface area contributed by atoms with E-state index in [1.54, 1.807) is 25.1 Å². The second-order valence-corrected chi connectivity index (χ2v) is 4.86. The van der Waals surface area contributed by atoms with Crippen molar-refractivity contribution < 1.29 is 14.7 Å². The Morgan fingerprint density at radius 1 is 1.26 bits per heavy atom. The molecule has 19 heavy (non-hydrogen) atoms. The molecule has 104 valence electrons. The molecule has 0 fully saturated rings. The third-order valence-corrected chi connectivity index (χ3v) is 3.41. The highest BCUT2D eigenvalue weighted by Crippen LogP contribution is 2.23. The fourth-order valence-corrected chi connectivity index (χ4v) is 1.96. The number of likely N-dealkylation sites (N-methyl/N-ethyl adjacent to an activating group) is 1. The fourth-order valence-electron chi connectivity index (χ4n) is 1.64. The molecule has 1 aromatic carbocycles. The number of carbonyl (C=O) groups excluding carboxylic acids is 1. The zero-order valence-electron chi connectivity index (χ0n) is 10.5. The van der Waals surface area contributed by atoms with Crippen LogP contribution in [0.5, 0.6) is 0 Å². The van der Waals surface area contributed by atoms with Crippen molar-refractivity contribution in [1.29, 1.82) is 0 Å². The molecule has 0 aliphatic heterocycles. The predicted octanol–water partition coefficient (Wildman–Crippen LogP) is 2.86. The molecule has 1 aromatic rings. The Morgan fingerprint density at radius 2 is 1.95 bits per heavy atom. The van der Waals surface area contributed by atoms with E-state index in [4.69, 9.17) is 28.3 Å². The largest absolute Gasteiger partial charge is 0.480 e. The highest BCUT2D eigenvalue weighted by atomic mass is 35.5. The van der Waals surface area contributed by atoms with Crippen LogP contribution in [0.1, 0.15) is 18.9 Å². The third kappa shape index (κ3) is 5.09.